The largest absolute Gasteiger partial charge is 0.493 e. The quantitative estimate of drug-likeness (QED) is 0.520. The molecule has 0 fully saturated rings. The Morgan fingerprint density at radius 2 is 2.03 bits per heavy atom. The van der Waals surface area contributed by atoms with Crippen LogP contribution < -0.4 is 20.1 Å². The van der Waals surface area contributed by atoms with Gasteiger partial charge in [0.25, 0.3) is 0 Å². The summed E-state index contributed by atoms with van der Waals surface area (Å²) in [6.45, 7) is -0.561. The molecular weight excluding hydrogens is 440 g/mol. The molecule has 1 aromatic carbocycles. The molecule has 11 heteroatoms. The van der Waals surface area contributed by atoms with E-state index in [0.717, 1.165) is 5.56 Å². The highest BCUT2D eigenvalue weighted by molar-refractivity contribution is 5.95. The molecule has 1 unspecified atom stereocenters. The maximum absolute atomic E-state index is 12.7. The number of urea groups is 1. The number of nitrogens with zero attached hydrogens (tertiary/aromatic N) is 1. The molecule has 1 aliphatic rings. The van der Waals surface area contributed by atoms with E-state index in [1.54, 1.807) is 38.2 Å². The van der Waals surface area contributed by atoms with E-state index in [1.165, 1.54) is 19.4 Å². The van der Waals surface area contributed by atoms with Crippen LogP contribution in [-0.4, -0.2) is 50.8 Å². The predicted molar refractivity (Wildman–Crippen MR) is 113 cm³/mol. The fourth-order valence-corrected chi connectivity index (χ4v) is 3.50. The highest BCUT2D eigenvalue weighted by Crippen LogP contribution is 2.31. The normalized spacial score (nSPS) is 16.0. The Morgan fingerprint density at radius 3 is 2.67 bits per heavy atom. The van der Waals surface area contributed by atoms with E-state index in [2.05, 4.69) is 15.4 Å². The van der Waals surface area contributed by atoms with Crippen molar-refractivity contribution in [3.05, 3.63) is 59.2 Å². The standard InChI is InChI=1S/C22H25F2N3O6/c1-4-31-20(28)18-14(25-22(29)26-19(18)16-6-5-9-32-16)12-27(2)11-13-7-8-15(33-21(23)24)17(10-13)30-3/h5-10,19,21H,4,11-12H2,1-3H3,(H2,25,26,29). The van der Waals surface area contributed by atoms with Gasteiger partial charge in [0.1, 0.15) is 11.8 Å². The highest BCUT2D eigenvalue weighted by atomic mass is 19.3. The van der Waals surface area contributed by atoms with Gasteiger partial charge in [0.2, 0.25) is 0 Å². The van der Waals surface area contributed by atoms with Crippen molar-refractivity contribution < 1.29 is 37.0 Å². The van der Waals surface area contributed by atoms with Crippen LogP contribution in [0.2, 0.25) is 0 Å². The molecule has 1 aromatic heterocycles. The molecule has 2 N–H and O–H groups in total. The number of carbonyl (C=O) groups excluding carboxylic acids is 2. The summed E-state index contributed by atoms with van der Waals surface area (Å²) in [4.78, 5) is 26.9. The summed E-state index contributed by atoms with van der Waals surface area (Å²) in [5.74, 6) is -0.0869. The van der Waals surface area contributed by atoms with Crippen LogP contribution in [0.4, 0.5) is 13.6 Å². The first-order valence-electron chi connectivity index (χ1n) is 10.1. The first kappa shape index (κ1) is 24.1. The first-order valence-corrected chi connectivity index (χ1v) is 10.1. The number of methoxy groups -OCH3 is 1. The maximum Gasteiger partial charge on any atom is 0.387 e. The third-order valence-corrected chi connectivity index (χ3v) is 4.80. The molecule has 1 aliphatic heterocycles. The molecule has 2 heterocycles. The lowest BCUT2D eigenvalue weighted by atomic mass is 10.00. The highest BCUT2D eigenvalue weighted by Gasteiger charge is 2.35. The van der Waals surface area contributed by atoms with Gasteiger partial charge in [0, 0.05) is 18.8 Å². The molecule has 0 spiro atoms. The molecule has 2 aromatic rings. The Labute approximate surface area is 189 Å². The van der Waals surface area contributed by atoms with Gasteiger partial charge in [-0.1, -0.05) is 6.07 Å². The van der Waals surface area contributed by atoms with Gasteiger partial charge in [0.05, 0.1) is 25.6 Å². The van der Waals surface area contributed by atoms with E-state index < -0.39 is 24.7 Å². The van der Waals surface area contributed by atoms with Crippen LogP contribution in [-0.2, 0) is 16.1 Å². The second-order valence-electron chi connectivity index (χ2n) is 7.20. The van der Waals surface area contributed by atoms with E-state index >= 15 is 0 Å². The Kier molecular flexibility index (Phi) is 7.88. The lowest BCUT2D eigenvalue weighted by Crippen LogP contribution is -2.48. The van der Waals surface area contributed by atoms with Gasteiger partial charge < -0.3 is 29.3 Å². The summed E-state index contributed by atoms with van der Waals surface area (Å²) in [6.07, 6.45) is 1.45. The number of furan rings is 1. The number of likely N-dealkylation sites (N-methyl/N-ethyl adjacent to an activating group) is 1. The van der Waals surface area contributed by atoms with Crippen molar-refractivity contribution >= 4 is 12.0 Å². The van der Waals surface area contributed by atoms with Crippen LogP contribution in [0.1, 0.15) is 24.3 Å². The summed E-state index contributed by atoms with van der Waals surface area (Å²) >= 11 is 0. The monoisotopic (exact) mass is 465 g/mol. The zero-order valence-corrected chi connectivity index (χ0v) is 18.4. The summed E-state index contributed by atoms with van der Waals surface area (Å²) in [5, 5.41) is 5.37. The van der Waals surface area contributed by atoms with Crippen molar-refractivity contribution in [1.29, 1.82) is 0 Å². The second-order valence-corrected chi connectivity index (χ2v) is 7.20. The smallest absolute Gasteiger partial charge is 0.387 e. The number of rotatable bonds is 10. The molecule has 0 aliphatic carbocycles. The Hall–Kier alpha value is -3.60. The number of alkyl halides is 2. The molecule has 0 saturated carbocycles. The number of ether oxygens (including phenoxy) is 3. The van der Waals surface area contributed by atoms with Crippen LogP contribution >= 0.6 is 0 Å². The fourth-order valence-electron chi connectivity index (χ4n) is 3.50. The van der Waals surface area contributed by atoms with E-state index in [9.17, 15) is 18.4 Å². The van der Waals surface area contributed by atoms with E-state index in [4.69, 9.17) is 13.9 Å². The third kappa shape index (κ3) is 6.01. The number of carbonyl (C=O) groups is 2. The van der Waals surface area contributed by atoms with Gasteiger partial charge in [-0.05, 0) is 43.8 Å². The molecule has 0 bridgehead atoms. The van der Waals surface area contributed by atoms with Crippen LogP contribution in [0.3, 0.4) is 0 Å². The van der Waals surface area contributed by atoms with Gasteiger partial charge in [-0.25, -0.2) is 9.59 Å². The minimum Gasteiger partial charge on any atom is -0.493 e. The average molecular weight is 465 g/mol. The van der Waals surface area contributed by atoms with Gasteiger partial charge in [-0.3, -0.25) is 4.90 Å². The van der Waals surface area contributed by atoms with Crippen LogP contribution in [0.25, 0.3) is 0 Å². The third-order valence-electron chi connectivity index (χ3n) is 4.80. The molecule has 0 saturated heterocycles. The molecule has 2 amide bonds. The van der Waals surface area contributed by atoms with E-state index in [0.29, 0.717) is 18.0 Å². The number of benzene rings is 1. The number of hydrogen-bond acceptors (Lipinski definition) is 7. The van der Waals surface area contributed by atoms with Crippen molar-refractivity contribution in [2.45, 2.75) is 26.1 Å². The average Bonchev–Trinajstić information content (AvgIpc) is 3.29. The van der Waals surface area contributed by atoms with Crippen molar-refractivity contribution in [3.8, 4) is 11.5 Å². The van der Waals surface area contributed by atoms with E-state index in [-0.39, 0.29) is 30.2 Å². The first-order chi connectivity index (χ1) is 15.8. The second kappa shape index (κ2) is 10.8. The number of amides is 2. The Bertz CT molecular complexity index is 1010. The zero-order chi connectivity index (χ0) is 24.0. The Balaban J connectivity index is 1.84. The van der Waals surface area contributed by atoms with E-state index in [1.807, 2.05) is 4.90 Å². The number of hydrogen-bond donors (Lipinski definition) is 2. The molecule has 9 nitrogen and oxygen atoms in total. The van der Waals surface area contributed by atoms with Crippen molar-refractivity contribution in [3.63, 3.8) is 0 Å². The minimum atomic E-state index is -2.97. The van der Waals surface area contributed by atoms with Gasteiger partial charge in [-0.2, -0.15) is 8.78 Å². The molecule has 3 rings (SSSR count). The number of halogens is 2. The topological polar surface area (TPSA) is 102 Å². The summed E-state index contributed by atoms with van der Waals surface area (Å²) in [5.41, 5.74) is 1.35. The summed E-state index contributed by atoms with van der Waals surface area (Å²) in [7, 11) is 3.14. The zero-order valence-electron chi connectivity index (χ0n) is 18.4. The van der Waals surface area contributed by atoms with Crippen LogP contribution in [0.5, 0.6) is 11.5 Å². The minimum absolute atomic E-state index is 0.0712. The molecule has 33 heavy (non-hydrogen) atoms. The van der Waals surface area contributed by atoms with Crippen molar-refractivity contribution in [1.82, 2.24) is 15.5 Å². The lowest BCUT2D eigenvalue weighted by molar-refractivity contribution is -0.139. The fraction of sp³-hybridized carbons (Fsp3) is 0.364. The van der Waals surface area contributed by atoms with Gasteiger partial charge >= 0.3 is 18.6 Å². The Morgan fingerprint density at radius 1 is 1.24 bits per heavy atom. The van der Waals surface area contributed by atoms with Crippen LogP contribution in [0.15, 0.2) is 52.3 Å². The summed E-state index contributed by atoms with van der Waals surface area (Å²) in [6, 6.07) is 6.64. The van der Waals surface area contributed by atoms with Crippen molar-refractivity contribution in [2.24, 2.45) is 0 Å². The molecule has 0 radical (unpaired) electrons. The summed E-state index contributed by atoms with van der Waals surface area (Å²) < 4.78 is 45.3. The van der Waals surface area contributed by atoms with Gasteiger partial charge in [-0.15, -0.1) is 0 Å². The molecule has 1 atom stereocenters. The maximum atomic E-state index is 12.7. The van der Waals surface area contributed by atoms with Crippen LogP contribution in [0, 0.1) is 0 Å². The molecule has 178 valence electrons. The number of nitrogens with one attached hydrogen (secondary N) is 2. The number of esters is 1. The van der Waals surface area contributed by atoms with Crippen molar-refractivity contribution in [2.75, 3.05) is 27.3 Å². The SMILES string of the molecule is CCOC(=O)C1=C(CN(C)Cc2ccc(OC(F)F)c(OC)c2)NC(=O)NC1c1ccco1. The predicted octanol–water partition coefficient (Wildman–Crippen LogP) is 3.19. The molecular formula is C22H25F2N3O6. The lowest BCUT2D eigenvalue weighted by Gasteiger charge is -2.30. The van der Waals surface area contributed by atoms with Gasteiger partial charge in [0.15, 0.2) is 11.5 Å².